The molecule has 0 aromatic carbocycles. The minimum absolute atomic E-state index is 0.219. The van der Waals surface area contributed by atoms with Gasteiger partial charge >= 0.3 is 0 Å². The Kier molecular flexibility index (Phi) is 4.43. The summed E-state index contributed by atoms with van der Waals surface area (Å²) in [6.45, 7) is 5.51. The summed E-state index contributed by atoms with van der Waals surface area (Å²) in [5, 5.41) is 6.58. The summed E-state index contributed by atoms with van der Waals surface area (Å²) < 4.78 is 0. The van der Waals surface area contributed by atoms with Crippen molar-refractivity contribution in [3.8, 4) is 0 Å². The molecule has 2 aliphatic rings. The number of hydrogen-bond acceptors (Lipinski definition) is 2. The van der Waals surface area contributed by atoms with Crippen LogP contribution in [0.3, 0.4) is 0 Å². The molecule has 2 saturated carbocycles. The highest BCUT2D eigenvalue weighted by Crippen LogP contribution is 2.28. The average Bonchev–Trinajstić information content (AvgIpc) is 3.00. The van der Waals surface area contributed by atoms with Gasteiger partial charge in [-0.25, -0.2) is 0 Å². The largest absolute Gasteiger partial charge is 0.353 e. The van der Waals surface area contributed by atoms with Gasteiger partial charge in [-0.3, -0.25) is 4.79 Å². The Labute approximate surface area is 105 Å². The molecule has 3 heteroatoms. The fourth-order valence-electron chi connectivity index (χ4n) is 3.03. The van der Waals surface area contributed by atoms with Crippen LogP contribution in [0.5, 0.6) is 0 Å². The van der Waals surface area contributed by atoms with Crippen LogP contribution in [0.4, 0.5) is 0 Å². The van der Waals surface area contributed by atoms with Gasteiger partial charge in [0.05, 0.1) is 0 Å². The van der Waals surface area contributed by atoms with Gasteiger partial charge in [0, 0.05) is 25.0 Å². The van der Waals surface area contributed by atoms with Crippen molar-refractivity contribution < 1.29 is 4.79 Å². The predicted molar refractivity (Wildman–Crippen MR) is 69.8 cm³/mol. The third-order valence-electron chi connectivity index (χ3n) is 3.91. The van der Waals surface area contributed by atoms with E-state index in [0.29, 0.717) is 18.5 Å². The van der Waals surface area contributed by atoms with E-state index in [9.17, 15) is 4.79 Å². The zero-order valence-electron chi connectivity index (χ0n) is 11.2. The van der Waals surface area contributed by atoms with Gasteiger partial charge in [0.15, 0.2) is 0 Å². The lowest BCUT2D eigenvalue weighted by Crippen LogP contribution is -2.38. The molecule has 98 valence electrons. The molecule has 1 amide bonds. The fraction of sp³-hybridized carbons (Fsp3) is 0.929. The second-order valence-electron chi connectivity index (χ2n) is 6.16. The van der Waals surface area contributed by atoms with Gasteiger partial charge in [-0.1, -0.05) is 13.8 Å². The molecule has 0 saturated heterocycles. The van der Waals surface area contributed by atoms with Crippen LogP contribution in [-0.2, 0) is 4.79 Å². The lowest BCUT2D eigenvalue weighted by molar-refractivity contribution is -0.121. The summed E-state index contributed by atoms with van der Waals surface area (Å²) in [7, 11) is 0. The van der Waals surface area contributed by atoms with Gasteiger partial charge in [0.25, 0.3) is 0 Å². The lowest BCUT2D eigenvalue weighted by Gasteiger charge is -2.32. The van der Waals surface area contributed by atoms with Gasteiger partial charge < -0.3 is 10.6 Å². The first-order valence-electron chi connectivity index (χ1n) is 7.16. The zero-order valence-corrected chi connectivity index (χ0v) is 11.2. The highest BCUT2D eigenvalue weighted by atomic mass is 16.1. The maximum absolute atomic E-state index is 11.5. The summed E-state index contributed by atoms with van der Waals surface area (Å²) >= 11 is 0. The Hall–Kier alpha value is -0.570. The van der Waals surface area contributed by atoms with Gasteiger partial charge in [-0.05, 0) is 43.9 Å². The van der Waals surface area contributed by atoms with Crippen LogP contribution >= 0.6 is 0 Å². The van der Waals surface area contributed by atoms with Crippen LogP contribution in [0, 0.1) is 11.8 Å². The van der Waals surface area contributed by atoms with Crippen molar-refractivity contribution in [2.75, 3.05) is 6.54 Å². The highest BCUT2D eigenvalue weighted by Gasteiger charge is 2.24. The standard InChI is InChI=1S/C14H26N2O/c1-10-7-11(2)9-13(8-10)15-6-5-14(17)16-12-3-4-12/h10-13,15H,3-9H2,1-2H3,(H,16,17). The molecule has 2 rings (SSSR count). The van der Waals surface area contributed by atoms with Crippen molar-refractivity contribution in [1.29, 1.82) is 0 Å². The topological polar surface area (TPSA) is 41.1 Å². The van der Waals surface area contributed by atoms with Crippen molar-refractivity contribution in [3.63, 3.8) is 0 Å². The highest BCUT2D eigenvalue weighted by molar-refractivity contribution is 5.76. The molecule has 2 N–H and O–H groups in total. The monoisotopic (exact) mass is 238 g/mol. The van der Waals surface area contributed by atoms with Gasteiger partial charge in [0.1, 0.15) is 0 Å². The number of hydrogen-bond donors (Lipinski definition) is 2. The number of carbonyl (C=O) groups excluding carboxylic acids is 1. The average molecular weight is 238 g/mol. The molecule has 2 aliphatic carbocycles. The molecule has 0 aliphatic heterocycles. The smallest absolute Gasteiger partial charge is 0.221 e. The van der Waals surface area contributed by atoms with Crippen LogP contribution < -0.4 is 10.6 Å². The van der Waals surface area contributed by atoms with Gasteiger partial charge in [0.2, 0.25) is 5.91 Å². The fourth-order valence-corrected chi connectivity index (χ4v) is 3.03. The van der Waals surface area contributed by atoms with E-state index in [0.717, 1.165) is 18.4 Å². The molecule has 2 atom stereocenters. The van der Waals surface area contributed by atoms with E-state index in [1.165, 1.54) is 32.1 Å². The van der Waals surface area contributed by atoms with E-state index in [4.69, 9.17) is 0 Å². The van der Waals surface area contributed by atoms with E-state index < -0.39 is 0 Å². The van der Waals surface area contributed by atoms with Crippen molar-refractivity contribution in [2.45, 2.75) is 64.5 Å². The molecule has 17 heavy (non-hydrogen) atoms. The van der Waals surface area contributed by atoms with Crippen LogP contribution in [0.1, 0.15) is 52.4 Å². The zero-order chi connectivity index (χ0) is 12.3. The first-order valence-corrected chi connectivity index (χ1v) is 7.16. The summed E-state index contributed by atoms with van der Waals surface area (Å²) in [5.74, 6) is 1.88. The molecule has 3 nitrogen and oxygen atoms in total. The minimum Gasteiger partial charge on any atom is -0.353 e. The van der Waals surface area contributed by atoms with Crippen LogP contribution in [0.2, 0.25) is 0 Å². The van der Waals surface area contributed by atoms with E-state index in [2.05, 4.69) is 24.5 Å². The van der Waals surface area contributed by atoms with E-state index in [1.54, 1.807) is 0 Å². The van der Waals surface area contributed by atoms with Crippen molar-refractivity contribution in [2.24, 2.45) is 11.8 Å². The second-order valence-corrected chi connectivity index (χ2v) is 6.16. The quantitative estimate of drug-likeness (QED) is 0.770. The molecule has 0 radical (unpaired) electrons. The van der Waals surface area contributed by atoms with Gasteiger partial charge in [-0.15, -0.1) is 0 Å². The molecule has 0 spiro atoms. The van der Waals surface area contributed by atoms with Gasteiger partial charge in [-0.2, -0.15) is 0 Å². The molecule has 0 heterocycles. The van der Waals surface area contributed by atoms with Crippen molar-refractivity contribution in [1.82, 2.24) is 10.6 Å². The molecular formula is C14H26N2O. The Morgan fingerprint density at radius 1 is 1.06 bits per heavy atom. The maximum Gasteiger partial charge on any atom is 0.221 e. The third-order valence-corrected chi connectivity index (χ3v) is 3.91. The molecule has 0 bridgehead atoms. The van der Waals surface area contributed by atoms with E-state index in [1.807, 2.05) is 0 Å². The SMILES string of the molecule is CC1CC(C)CC(NCCC(=O)NC2CC2)C1. The summed E-state index contributed by atoms with van der Waals surface area (Å²) in [5.41, 5.74) is 0. The Balaban J connectivity index is 1.58. The number of amides is 1. The van der Waals surface area contributed by atoms with Crippen LogP contribution in [0.25, 0.3) is 0 Å². The normalized spacial score (nSPS) is 33.4. The molecule has 0 aromatic rings. The molecule has 2 fully saturated rings. The molecular weight excluding hydrogens is 212 g/mol. The molecule has 0 aromatic heterocycles. The van der Waals surface area contributed by atoms with Crippen molar-refractivity contribution in [3.05, 3.63) is 0 Å². The van der Waals surface area contributed by atoms with Crippen molar-refractivity contribution >= 4 is 5.91 Å². The number of rotatable bonds is 5. The second kappa shape index (κ2) is 5.85. The van der Waals surface area contributed by atoms with E-state index >= 15 is 0 Å². The minimum atomic E-state index is 0.219. The predicted octanol–water partition coefficient (Wildman–Crippen LogP) is 2.07. The van der Waals surface area contributed by atoms with Crippen LogP contribution in [0.15, 0.2) is 0 Å². The Morgan fingerprint density at radius 2 is 1.71 bits per heavy atom. The Bertz CT molecular complexity index is 253. The lowest BCUT2D eigenvalue weighted by atomic mass is 9.80. The maximum atomic E-state index is 11.5. The summed E-state index contributed by atoms with van der Waals surface area (Å²) in [6, 6.07) is 1.12. The first kappa shape index (κ1) is 12.9. The number of nitrogens with one attached hydrogen (secondary N) is 2. The summed E-state index contributed by atoms with van der Waals surface area (Å²) in [4.78, 5) is 11.5. The van der Waals surface area contributed by atoms with Crippen LogP contribution in [-0.4, -0.2) is 24.5 Å². The Morgan fingerprint density at radius 3 is 2.29 bits per heavy atom. The molecule has 2 unspecified atom stereocenters. The number of carbonyl (C=O) groups is 1. The summed E-state index contributed by atoms with van der Waals surface area (Å²) in [6.07, 6.45) is 6.90. The third kappa shape index (κ3) is 4.66. The van der Waals surface area contributed by atoms with E-state index in [-0.39, 0.29) is 5.91 Å². The first-order chi connectivity index (χ1) is 8.13.